The number of benzene rings is 2. The largest absolute Gasteiger partial charge is 0.497 e. The van der Waals surface area contributed by atoms with E-state index in [-0.39, 0.29) is 11.4 Å². The maximum absolute atomic E-state index is 13.1. The lowest BCUT2D eigenvalue weighted by molar-refractivity contribution is 0.0949. The number of methoxy groups -OCH3 is 2. The molecule has 8 nitrogen and oxygen atoms in total. The van der Waals surface area contributed by atoms with Crippen molar-refractivity contribution < 1.29 is 18.7 Å². The number of aromatic amines is 1. The van der Waals surface area contributed by atoms with E-state index in [1.807, 2.05) is 0 Å². The second kappa shape index (κ2) is 8.79. The summed E-state index contributed by atoms with van der Waals surface area (Å²) in [6.07, 6.45) is 1.40. The van der Waals surface area contributed by atoms with Crippen LogP contribution in [0.2, 0.25) is 0 Å². The van der Waals surface area contributed by atoms with E-state index in [0.29, 0.717) is 22.6 Å². The average Bonchev–Trinajstić information content (AvgIpc) is 2.73. The van der Waals surface area contributed by atoms with Gasteiger partial charge in [-0.2, -0.15) is 10.1 Å². The van der Waals surface area contributed by atoms with Crippen LogP contribution in [0.4, 0.5) is 4.39 Å². The minimum absolute atomic E-state index is 0.0387. The number of hydrogen-bond acceptors (Lipinski definition) is 6. The van der Waals surface area contributed by atoms with Gasteiger partial charge in [-0.15, -0.1) is 0 Å². The van der Waals surface area contributed by atoms with Gasteiger partial charge >= 0.3 is 5.69 Å². The normalized spacial score (nSPS) is 10.7. The van der Waals surface area contributed by atoms with E-state index in [1.165, 1.54) is 43.7 Å². The summed E-state index contributed by atoms with van der Waals surface area (Å²) in [6.45, 7) is 0. The topological polar surface area (TPSA) is 106 Å². The van der Waals surface area contributed by atoms with Crippen molar-refractivity contribution in [3.05, 3.63) is 76.1 Å². The number of hydrazone groups is 1. The lowest BCUT2D eigenvalue weighted by Gasteiger charge is -2.07. The van der Waals surface area contributed by atoms with Crippen LogP contribution in [0, 0.1) is 5.82 Å². The first-order valence-electron chi connectivity index (χ1n) is 8.43. The molecule has 0 aliphatic rings. The van der Waals surface area contributed by atoms with Crippen LogP contribution in [-0.2, 0) is 0 Å². The van der Waals surface area contributed by atoms with Gasteiger partial charge in [0.2, 0.25) is 0 Å². The zero-order valence-corrected chi connectivity index (χ0v) is 15.6. The SMILES string of the molecule is COc1ccc(/C=N/NC(=O)c2cc(-c3ccc(F)cc3)nc(=O)[nH]2)c(OC)c1. The Kier molecular flexibility index (Phi) is 5.98. The number of carbonyl (C=O) groups excluding carboxylic acids is 1. The Morgan fingerprint density at radius 3 is 2.59 bits per heavy atom. The van der Waals surface area contributed by atoms with Gasteiger partial charge in [-0.3, -0.25) is 4.79 Å². The molecule has 2 N–H and O–H groups in total. The summed E-state index contributed by atoms with van der Waals surface area (Å²) in [7, 11) is 3.04. The zero-order valence-electron chi connectivity index (χ0n) is 15.6. The third-order valence-corrected chi connectivity index (χ3v) is 3.94. The fourth-order valence-electron chi connectivity index (χ4n) is 2.49. The van der Waals surface area contributed by atoms with Gasteiger partial charge in [0.1, 0.15) is 23.0 Å². The van der Waals surface area contributed by atoms with Crippen molar-refractivity contribution in [2.75, 3.05) is 14.2 Å². The Bertz CT molecular complexity index is 1110. The Morgan fingerprint density at radius 2 is 1.90 bits per heavy atom. The number of hydrogen-bond donors (Lipinski definition) is 2. The van der Waals surface area contributed by atoms with Crippen LogP contribution < -0.4 is 20.6 Å². The quantitative estimate of drug-likeness (QED) is 0.492. The molecular weight excluding hydrogens is 379 g/mol. The number of nitrogens with zero attached hydrogens (tertiary/aromatic N) is 2. The highest BCUT2D eigenvalue weighted by molar-refractivity contribution is 5.94. The van der Waals surface area contributed by atoms with Crippen LogP contribution >= 0.6 is 0 Å². The Hall–Kier alpha value is -4.01. The van der Waals surface area contributed by atoms with E-state index in [1.54, 1.807) is 25.3 Å². The summed E-state index contributed by atoms with van der Waals surface area (Å²) >= 11 is 0. The molecule has 0 radical (unpaired) electrons. The molecule has 3 rings (SSSR count). The molecule has 0 saturated carbocycles. The average molecular weight is 396 g/mol. The van der Waals surface area contributed by atoms with Crippen molar-refractivity contribution in [1.82, 2.24) is 15.4 Å². The summed E-state index contributed by atoms with van der Waals surface area (Å²) in [5.41, 5.74) is 2.93. The van der Waals surface area contributed by atoms with Gasteiger partial charge in [0, 0.05) is 17.2 Å². The predicted molar refractivity (Wildman–Crippen MR) is 105 cm³/mol. The zero-order chi connectivity index (χ0) is 20.8. The van der Waals surface area contributed by atoms with Crippen LogP contribution in [0.15, 0.2) is 58.4 Å². The number of aromatic nitrogens is 2. The van der Waals surface area contributed by atoms with Crippen molar-refractivity contribution in [1.29, 1.82) is 0 Å². The maximum Gasteiger partial charge on any atom is 0.346 e. The van der Waals surface area contributed by atoms with Gasteiger partial charge in [-0.25, -0.2) is 14.6 Å². The number of nitrogens with one attached hydrogen (secondary N) is 2. The molecule has 3 aromatic rings. The fraction of sp³-hybridized carbons (Fsp3) is 0.100. The van der Waals surface area contributed by atoms with Crippen LogP contribution in [0.25, 0.3) is 11.3 Å². The molecule has 1 amide bonds. The molecule has 0 spiro atoms. The monoisotopic (exact) mass is 396 g/mol. The Morgan fingerprint density at radius 1 is 1.14 bits per heavy atom. The Balaban J connectivity index is 1.78. The number of rotatable bonds is 6. The van der Waals surface area contributed by atoms with Crippen molar-refractivity contribution in [3.63, 3.8) is 0 Å². The molecule has 0 saturated heterocycles. The van der Waals surface area contributed by atoms with E-state index in [9.17, 15) is 14.0 Å². The molecule has 0 atom stereocenters. The van der Waals surface area contributed by atoms with E-state index in [0.717, 1.165) is 0 Å². The van der Waals surface area contributed by atoms with E-state index in [2.05, 4.69) is 20.5 Å². The molecule has 0 aliphatic heterocycles. The molecule has 0 unspecified atom stereocenters. The van der Waals surface area contributed by atoms with E-state index < -0.39 is 17.4 Å². The third kappa shape index (κ3) is 4.83. The van der Waals surface area contributed by atoms with Crippen LogP contribution in [0.1, 0.15) is 16.1 Å². The van der Waals surface area contributed by atoms with Crippen LogP contribution in [-0.4, -0.2) is 36.3 Å². The lowest BCUT2D eigenvalue weighted by Crippen LogP contribution is -2.24. The van der Waals surface area contributed by atoms with Crippen molar-refractivity contribution >= 4 is 12.1 Å². The second-order valence-corrected chi connectivity index (χ2v) is 5.80. The van der Waals surface area contributed by atoms with Crippen molar-refractivity contribution in [2.45, 2.75) is 0 Å². The van der Waals surface area contributed by atoms with Gasteiger partial charge < -0.3 is 14.5 Å². The number of H-pyrrole nitrogens is 1. The van der Waals surface area contributed by atoms with E-state index >= 15 is 0 Å². The minimum Gasteiger partial charge on any atom is -0.497 e. The second-order valence-electron chi connectivity index (χ2n) is 5.80. The Labute approximate surface area is 165 Å². The first-order chi connectivity index (χ1) is 14.0. The highest BCUT2D eigenvalue weighted by Gasteiger charge is 2.10. The third-order valence-electron chi connectivity index (χ3n) is 3.94. The standard InChI is InChI=1S/C20H17FN4O4/c1-28-15-8-5-13(18(9-15)29-2)11-22-25-19(26)17-10-16(23-20(27)24-17)12-3-6-14(21)7-4-12/h3-11H,1-2H3,(H,25,26)(H,23,24,27)/b22-11+. The van der Waals surface area contributed by atoms with Crippen molar-refractivity contribution in [3.8, 4) is 22.8 Å². The van der Waals surface area contributed by atoms with Gasteiger partial charge in [0.05, 0.1) is 26.1 Å². The molecule has 0 fully saturated rings. The number of carbonyl (C=O) groups is 1. The first-order valence-corrected chi connectivity index (χ1v) is 8.43. The molecule has 1 aromatic heterocycles. The van der Waals surface area contributed by atoms with Gasteiger partial charge in [-0.1, -0.05) is 0 Å². The summed E-state index contributed by atoms with van der Waals surface area (Å²) < 4.78 is 23.5. The first kappa shape index (κ1) is 19.7. The molecule has 148 valence electrons. The summed E-state index contributed by atoms with van der Waals surface area (Å²) in [4.78, 5) is 30.3. The van der Waals surface area contributed by atoms with E-state index in [4.69, 9.17) is 9.47 Å². The van der Waals surface area contributed by atoms with Gasteiger partial charge in [0.25, 0.3) is 5.91 Å². The van der Waals surface area contributed by atoms with Crippen molar-refractivity contribution in [2.24, 2.45) is 5.10 Å². The predicted octanol–water partition coefficient (Wildman–Crippen LogP) is 2.36. The number of halogens is 1. The summed E-state index contributed by atoms with van der Waals surface area (Å²) in [5.74, 6) is 0.0698. The van der Waals surface area contributed by atoms with Gasteiger partial charge in [0.15, 0.2) is 0 Å². The number of ether oxygens (including phenoxy) is 2. The lowest BCUT2D eigenvalue weighted by atomic mass is 10.1. The molecule has 2 aromatic carbocycles. The highest BCUT2D eigenvalue weighted by Crippen LogP contribution is 2.23. The molecule has 29 heavy (non-hydrogen) atoms. The summed E-state index contributed by atoms with van der Waals surface area (Å²) in [6, 6.07) is 11.9. The minimum atomic E-state index is -0.710. The maximum atomic E-state index is 13.1. The fourth-order valence-corrected chi connectivity index (χ4v) is 2.49. The molecular formula is C20H17FN4O4. The summed E-state index contributed by atoms with van der Waals surface area (Å²) in [5, 5.41) is 3.89. The highest BCUT2D eigenvalue weighted by atomic mass is 19.1. The molecule has 9 heteroatoms. The molecule has 0 bridgehead atoms. The molecule has 0 aliphatic carbocycles. The molecule has 1 heterocycles. The van der Waals surface area contributed by atoms with Crippen LogP contribution in [0.5, 0.6) is 11.5 Å². The number of amides is 1. The van der Waals surface area contributed by atoms with Crippen LogP contribution in [0.3, 0.4) is 0 Å². The smallest absolute Gasteiger partial charge is 0.346 e. The van der Waals surface area contributed by atoms with Gasteiger partial charge in [-0.05, 0) is 42.5 Å².